The average Bonchev–Trinajstić information content (AvgIpc) is 2.92. The molecule has 1 N–H and O–H groups in total. The molecule has 1 aromatic carbocycles. The van der Waals surface area contributed by atoms with Crippen molar-refractivity contribution in [3.63, 3.8) is 0 Å². The van der Waals surface area contributed by atoms with E-state index in [9.17, 15) is 9.90 Å². The lowest BCUT2D eigenvalue weighted by molar-refractivity contribution is 0.0691. The van der Waals surface area contributed by atoms with Crippen molar-refractivity contribution in [1.82, 2.24) is 0 Å². The highest BCUT2D eigenvalue weighted by Gasteiger charge is 2.18. The van der Waals surface area contributed by atoms with Crippen LogP contribution in [0.4, 0.5) is 0 Å². The van der Waals surface area contributed by atoms with E-state index in [0.29, 0.717) is 23.8 Å². The summed E-state index contributed by atoms with van der Waals surface area (Å²) in [4.78, 5) is 11.2. The van der Waals surface area contributed by atoms with E-state index in [1.807, 2.05) is 16.8 Å². The number of thiophene rings is 1. The number of benzene rings is 1. The molecular weight excluding hydrogens is 300 g/mol. The molecule has 2 rings (SSSR count). The van der Waals surface area contributed by atoms with Crippen molar-refractivity contribution >= 4 is 28.9 Å². The minimum Gasteiger partial charge on any atom is -0.493 e. The third-order valence-corrected chi connectivity index (χ3v) is 3.64. The number of carbonyl (C=O) groups is 1. The molecule has 0 radical (unpaired) electrons. The van der Waals surface area contributed by atoms with E-state index in [4.69, 9.17) is 21.1 Å². The van der Waals surface area contributed by atoms with E-state index in [1.165, 1.54) is 19.2 Å². The summed E-state index contributed by atoms with van der Waals surface area (Å²) in [6.45, 7) is 0.370. The number of halogens is 1. The maximum absolute atomic E-state index is 11.2. The molecule has 0 aliphatic carbocycles. The van der Waals surface area contributed by atoms with E-state index in [2.05, 4.69) is 0 Å². The molecule has 106 valence electrons. The first-order valence-corrected chi connectivity index (χ1v) is 7.18. The molecule has 0 amide bonds. The molecule has 0 aliphatic heterocycles. The molecule has 0 saturated carbocycles. The zero-order valence-electron chi connectivity index (χ0n) is 10.8. The Morgan fingerprint density at radius 2 is 2.25 bits per heavy atom. The minimum absolute atomic E-state index is 0.000307. The lowest BCUT2D eigenvalue weighted by atomic mass is 10.2. The van der Waals surface area contributed by atoms with Crippen LogP contribution in [-0.2, 0) is 6.42 Å². The second-order valence-electron chi connectivity index (χ2n) is 4.02. The molecule has 2 aromatic rings. The topological polar surface area (TPSA) is 55.8 Å². The lowest BCUT2D eigenvalue weighted by Gasteiger charge is -2.13. The second-order valence-corrected chi connectivity index (χ2v) is 5.24. The van der Waals surface area contributed by atoms with Gasteiger partial charge in [-0.25, -0.2) is 4.79 Å². The van der Waals surface area contributed by atoms with Crippen LogP contribution in [0.3, 0.4) is 0 Å². The lowest BCUT2D eigenvalue weighted by Crippen LogP contribution is -2.07. The summed E-state index contributed by atoms with van der Waals surface area (Å²) >= 11 is 7.47. The van der Waals surface area contributed by atoms with Crippen LogP contribution in [0, 0.1) is 0 Å². The first-order valence-electron chi connectivity index (χ1n) is 5.86. The second kappa shape index (κ2) is 6.63. The Labute approximate surface area is 125 Å². The molecule has 0 saturated heterocycles. The smallest absolute Gasteiger partial charge is 0.339 e. The summed E-state index contributed by atoms with van der Waals surface area (Å²) in [5.74, 6) is -0.573. The maximum Gasteiger partial charge on any atom is 0.339 e. The van der Waals surface area contributed by atoms with Crippen LogP contribution in [0.5, 0.6) is 11.5 Å². The van der Waals surface area contributed by atoms with Crippen LogP contribution in [-0.4, -0.2) is 24.8 Å². The van der Waals surface area contributed by atoms with Gasteiger partial charge in [-0.1, -0.05) is 11.6 Å². The van der Waals surface area contributed by atoms with Crippen LogP contribution >= 0.6 is 22.9 Å². The fourth-order valence-electron chi connectivity index (χ4n) is 1.73. The largest absolute Gasteiger partial charge is 0.493 e. The standard InChI is InChI=1S/C14H13ClO4S/c1-18-12-7-10(15)6-11(14(16)17)13(12)19-4-2-9-3-5-20-8-9/h3,5-8H,2,4H2,1H3,(H,16,17). The van der Waals surface area contributed by atoms with Crippen molar-refractivity contribution in [2.75, 3.05) is 13.7 Å². The van der Waals surface area contributed by atoms with Crippen molar-refractivity contribution in [1.29, 1.82) is 0 Å². The Morgan fingerprint density at radius 3 is 2.85 bits per heavy atom. The first-order chi connectivity index (χ1) is 9.61. The van der Waals surface area contributed by atoms with E-state index in [-0.39, 0.29) is 11.3 Å². The van der Waals surface area contributed by atoms with E-state index in [1.54, 1.807) is 11.3 Å². The van der Waals surface area contributed by atoms with Crippen LogP contribution < -0.4 is 9.47 Å². The van der Waals surface area contributed by atoms with Gasteiger partial charge in [0, 0.05) is 17.5 Å². The third kappa shape index (κ3) is 3.43. The molecular formula is C14H13ClO4S. The van der Waals surface area contributed by atoms with Gasteiger partial charge in [0.15, 0.2) is 11.5 Å². The molecule has 4 nitrogen and oxygen atoms in total. The molecule has 1 heterocycles. The Kier molecular flexibility index (Phi) is 4.87. The number of carboxylic acid groups (broad SMARTS) is 1. The number of methoxy groups -OCH3 is 1. The molecule has 6 heteroatoms. The molecule has 1 aromatic heterocycles. The van der Waals surface area contributed by atoms with Crippen LogP contribution in [0.2, 0.25) is 5.02 Å². The molecule has 0 spiro atoms. The quantitative estimate of drug-likeness (QED) is 0.883. The number of ether oxygens (including phenoxy) is 2. The summed E-state index contributed by atoms with van der Waals surface area (Å²) in [6.07, 6.45) is 0.703. The van der Waals surface area contributed by atoms with Crippen LogP contribution in [0.15, 0.2) is 29.0 Å². The zero-order chi connectivity index (χ0) is 14.5. The van der Waals surface area contributed by atoms with Gasteiger partial charge in [0.2, 0.25) is 0 Å². The van der Waals surface area contributed by atoms with Crippen molar-refractivity contribution in [3.05, 3.63) is 45.1 Å². The van der Waals surface area contributed by atoms with Gasteiger partial charge in [-0.05, 0) is 28.5 Å². The summed E-state index contributed by atoms with van der Waals surface area (Å²) < 4.78 is 10.7. The highest BCUT2D eigenvalue weighted by atomic mass is 35.5. The van der Waals surface area contributed by atoms with Crippen molar-refractivity contribution in [2.24, 2.45) is 0 Å². The molecule has 20 heavy (non-hydrogen) atoms. The molecule has 0 atom stereocenters. The highest BCUT2D eigenvalue weighted by molar-refractivity contribution is 7.07. The van der Waals surface area contributed by atoms with Gasteiger partial charge in [-0.15, -0.1) is 0 Å². The van der Waals surface area contributed by atoms with Crippen LogP contribution in [0.1, 0.15) is 15.9 Å². The summed E-state index contributed by atoms with van der Waals surface area (Å²) in [5.41, 5.74) is 1.15. The van der Waals surface area contributed by atoms with Gasteiger partial charge in [0.05, 0.1) is 13.7 Å². The third-order valence-electron chi connectivity index (χ3n) is 2.69. The molecule has 0 fully saturated rings. The van der Waals surface area contributed by atoms with Gasteiger partial charge >= 0.3 is 5.97 Å². The van der Waals surface area contributed by atoms with E-state index < -0.39 is 5.97 Å². The Morgan fingerprint density at radius 1 is 1.45 bits per heavy atom. The summed E-state index contributed by atoms with van der Waals surface area (Å²) in [7, 11) is 1.45. The first kappa shape index (κ1) is 14.7. The normalized spacial score (nSPS) is 10.3. The Bertz CT molecular complexity index is 595. The van der Waals surface area contributed by atoms with Crippen molar-refractivity contribution < 1.29 is 19.4 Å². The maximum atomic E-state index is 11.2. The van der Waals surface area contributed by atoms with Gasteiger partial charge in [-0.3, -0.25) is 0 Å². The van der Waals surface area contributed by atoms with Gasteiger partial charge in [0.1, 0.15) is 5.56 Å². The number of hydrogen-bond acceptors (Lipinski definition) is 4. The molecule has 0 aliphatic rings. The predicted octanol–water partition coefficient (Wildman–Crippen LogP) is 3.73. The van der Waals surface area contributed by atoms with Crippen molar-refractivity contribution in [2.45, 2.75) is 6.42 Å². The van der Waals surface area contributed by atoms with E-state index >= 15 is 0 Å². The fourth-order valence-corrected chi connectivity index (χ4v) is 2.65. The summed E-state index contributed by atoms with van der Waals surface area (Å²) in [6, 6.07) is 4.89. The predicted molar refractivity (Wildman–Crippen MR) is 78.5 cm³/mol. The minimum atomic E-state index is -1.10. The van der Waals surface area contributed by atoms with Crippen molar-refractivity contribution in [3.8, 4) is 11.5 Å². The van der Waals surface area contributed by atoms with Gasteiger partial charge in [-0.2, -0.15) is 11.3 Å². The average molecular weight is 313 g/mol. The zero-order valence-corrected chi connectivity index (χ0v) is 12.3. The Balaban J connectivity index is 2.18. The molecule has 0 bridgehead atoms. The summed E-state index contributed by atoms with van der Waals surface area (Å²) in [5, 5.41) is 13.5. The molecule has 0 unspecified atom stereocenters. The highest BCUT2D eigenvalue weighted by Crippen LogP contribution is 2.34. The van der Waals surface area contributed by atoms with Gasteiger partial charge < -0.3 is 14.6 Å². The van der Waals surface area contributed by atoms with E-state index in [0.717, 1.165) is 5.56 Å². The number of aromatic carboxylic acids is 1. The monoisotopic (exact) mass is 312 g/mol. The van der Waals surface area contributed by atoms with Crippen LogP contribution in [0.25, 0.3) is 0 Å². The number of hydrogen-bond donors (Lipinski definition) is 1. The Hall–Kier alpha value is -1.72. The van der Waals surface area contributed by atoms with Gasteiger partial charge in [0.25, 0.3) is 0 Å². The fraction of sp³-hybridized carbons (Fsp3) is 0.214. The number of rotatable bonds is 6. The number of carboxylic acids is 1. The SMILES string of the molecule is COc1cc(Cl)cc(C(=O)O)c1OCCc1ccsc1.